The Morgan fingerprint density at radius 3 is 2.56 bits per heavy atom. The monoisotopic (exact) mass is 492 g/mol. The number of ether oxygens (including phenoxy) is 1. The molecule has 0 aromatic heterocycles. The molecule has 0 heterocycles. The van der Waals surface area contributed by atoms with Gasteiger partial charge in [0.1, 0.15) is 11.6 Å². The zero-order chi connectivity index (χ0) is 25.8. The van der Waals surface area contributed by atoms with Crippen LogP contribution in [0, 0.1) is 47.6 Å². The molecule has 36 heavy (non-hydrogen) atoms. The van der Waals surface area contributed by atoms with Crippen LogP contribution in [0.5, 0.6) is 0 Å². The topological polar surface area (TPSA) is 43.4 Å². The van der Waals surface area contributed by atoms with Crippen molar-refractivity contribution in [3.05, 3.63) is 57.7 Å². The van der Waals surface area contributed by atoms with E-state index < -0.39 is 22.7 Å². The van der Waals surface area contributed by atoms with E-state index in [0.717, 1.165) is 24.8 Å². The van der Waals surface area contributed by atoms with Crippen LogP contribution in [0.3, 0.4) is 0 Å². The molecule has 5 atom stereocenters. The highest BCUT2D eigenvalue weighted by Crippen LogP contribution is 2.67. The van der Waals surface area contributed by atoms with Crippen molar-refractivity contribution in [2.24, 2.45) is 17.3 Å². The molecule has 0 spiro atoms. The van der Waals surface area contributed by atoms with Gasteiger partial charge in [0.05, 0.1) is 0 Å². The zero-order valence-electron chi connectivity index (χ0n) is 21.6. The summed E-state index contributed by atoms with van der Waals surface area (Å²) in [5.74, 6) is 5.34. The van der Waals surface area contributed by atoms with Gasteiger partial charge in [-0.1, -0.05) is 25.3 Å². The minimum Gasteiger partial charge on any atom is -0.445 e. The van der Waals surface area contributed by atoms with Gasteiger partial charge in [-0.15, -0.1) is 5.92 Å². The summed E-state index contributed by atoms with van der Waals surface area (Å²) in [5, 5.41) is 0. The maximum Gasteiger partial charge on any atom is 0.307 e. The summed E-state index contributed by atoms with van der Waals surface area (Å²) in [5.41, 5.74) is 2.79. The van der Waals surface area contributed by atoms with Gasteiger partial charge < -0.3 is 4.74 Å². The number of carbonyl (C=O) groups is 2. The molecule has 5 rings (SSSR count). The fourth-order valence-electron chi connectivity index (χ4n) is 7.68. The quantitative estimate of drug-likeness (QED) is 0.341. The number of fused-ring (bicyclic) bond motifs is 4. The van der Waals surface area contributed by atoms with Crippen molar-refractivity contribution in [3.8, 4) is 11.8 Å². The molecule has 0 amide bonds. The molecule has 3 nitrogen and oxygen atoms in total. The van der Waals surface area contributed by atoms with Crippen molar-refractivity contribution in [1.82, 2.24) is 0 Å². The van der Waals surface area contributed by atoms with Gasteiger partial charge in [0.25, 0.3) is 0 Å². The van der Waals surface area contributed by atoms with Crippen molar-refractivity contribution < 1.29 is 23.1 Å². The summed E-state index contributed by atoms with van der Waals surface area (Å²) in [6.07, 6.45) is 7.03. The Kier molecular flexibility index (Phi) is 6.22. The summed E-state index contributed by atoms with van der Waals surface area (Å²) < 4.78 is 35.9. The third-order valence-corrected chi connectivity index (χ3v) is 9.46. The molecule has 0 radical (unpaired) electrons. The van der Waals surface area contributed by atoms with E-state index in [2.05, 4.69) is 18.8 Å². The minimum atomic E-state index is -0.922. The number of esters is 1. The Morgan fingerprint density at radius 2 is 1.89 bits per heavy atom. The van der Waals surface area contributed by atoms with E-state index in [4.69, 9.17) is 4.74 Å². The van der Waals surface area contributed by atoms with Crippen molar-refractivity contribution in [1.29, 1.82) is 0 Å². The van der Waals surface area contributed by atoms with E-state index in [0.29, 0.717) is 31.2 Å². The average molecular weight is 493 g/mol. The number of hydrogen-bond donors (Lipinski definition) is 0. The van der Waals surface area contributed by atoms with Gasteiger partial charge >= 0.3 is 5.97 Å². The summed E-state index contributed by atoms with van der Waals surface area (Å²) >= 11 is 0. The fourth-order valence-corrected chi connectivity index (χ4v) is 7.68. The van der Waals surface area contributed by atoms with Gasteiger partial charge in [0.15, 0.2) is 11.4 Å². The first-order valence-electron chi connectivity index (χ1n) is 13.2. The van der Waals surface area contributed by atoms with Crippen molar-refractivity contribution in [2.75, 3.05) is 0 Å². The van der Waals surface area contributed by atoms with E-state index in [9.17, 15) is 18.4 Å². The lowest BCUT2D eigenvalue weighted by Crippen LogP contribution is -2.53. The van der Waals surface area contributed by atoms with Crippen LogP contribution in [-0.2, 0) is 14.3 Å². The molecule has 5 heteroatoms. The molecular weight excluding hydrogens is 458 g/mol. The number of allylic oxidation sites excluding steroid dienone is 4. The number of carbonyl (C=O) groups excluding carboxylic acids is 2. The first-order chi connectivity index (χ1) is 17.1. The van der Waals surface area contributed by atoms with Gasteiger partial charge in [-0.3, -0.25) is 9.59 Å². The van der Waals surface area contributed by atoms with E-state index in [1.165, 1.54) is 30.2 Å². The van der Waals surface area contributed by atoms with Gasteiger partial charge in [-0.25, -0.2) is 8.78 Å². The van der Waals surface area contributed by atoms with Crippen LogP contribution in [0.25, 0.3) is 0 Å². The predicted octanol–water partition coefficient (Wildman–Crippen LogP) is 6.89. The van der Waals surface area contributed by atoms with Gasteiger partial charge in [-0.2, -0.15) is 0 Å². The predicted molar refractivity (Wildman–Crippen MR) is 134 cm³/mol. The second-order valence-corrected chi connectivity index (χ2v) is 11.2. The second-order valence-electron chi connectivity index (χ2n) is 11.2. The number of ketones is 1. The molecule has 2 saturated carbocycles. The zero-order valence-corrected chi connectivity index (χ0v) is 21.6. The number of benzene rings is 1. The lowest BCUT2D eigenvalue weighted by Gasteiger charge is -2.54. The van der Waals surface area contributed by atoms with Gasteiger partial charge in [0.2, 0.25) is 0 Å². The van der Waals surface area contributed by atoms with Crippen LogP contribution in [-0.4, -0.2) is 17.4 Å². The largest absolute Gasteiger partial charge is 0.445 e. The fraction of sp³-hybridized carbons (Fsp3) is 0.548. The molecule has 1 aromatic carbocycles. The molecule has 190 valence electrons. The molecule has 0 N–H and O–H groups in total. The van der Waals surface area contributed by atoms with Crippen LogP contribution >= 0.6 is 0 Å². The molecular formula is C31H34F2O3. The highest BCUT2D eigenvalue weighted by Gasteiger charge is 2.65. The molecule has 4 aliphatic carbocycles. The Balaban J connectivity index is 1.72. The van der Waals surface area contributed by atoms with E-state index >= 15 is 0 Å². The van der Waals surface area contributed by atoms with Crippen LogP contribution in [0.4, 0.5) is 8.78 Å². The van der Waals surface area contributed by atoms with Crippen molar-refractivity contribution in [2.45, 2.75) is 90.6 Å². The average Bonchev–Trinajstić information content (AvgIpc) is 3.12. The normalized spacial score (nSPS) is 33.1. The maximum atomic E-state index is 14.9. The number of hydrogen-bond acceptors (Lipinski definition) is 3. The third-order valence-electron chi connectivity index (χ3n) is 9.46. The molecule has 0 unspecified atom stereocenters. The lowest BCUT2D eigenvalue weighted by atomic mass is 9.51. The van der Waals surface area contributed by atoms with Crippen LogP contribution in [0.15, 0.2) is 34.9 Å². The Morgan fingerprint density at radius 1 is 1.17 bits per heavy atom. The van der Waals surface area contributed by atoms with Crippen molar-refractivity contribution >= 4 is 11.8 Å². The van der Waals surface area contributed by atoms with Crippen LogP contribution in [0.2, 0.25) is 0 Å². The van der Waals surface area contributed by atoms with Crippen LogP contribution in [0.1, 0.15) is 89.2 Å². The smallest absolute Gasteiger partial charge is 0.307 e. The summed E-state index contributed by atoms with van der Waals surface area (Å²) in [7, 11) is 0. The molecule has 1 aromatic rings. The Hall–Kier alpha value is -2.74. The highest BCUT2D eigenvalue weighted by molar-refractivity contribution is 5.93. The second kappa shape index (κ2) is 8.98. The standard InChI is InChI=1S/C31H34F2O3/c1-5-12-31(36-28(35)6-2)13-11-25-23-9-7-19-14-21(34)8-10-22(19)29(23)24(17-30(25,31)4)20-15-26(32)18(3)27(33)16-20/h14-16,23-25H,6-11,13,17H2,1-4H3/t23-,24+,25-,30-,31-/m0/s1. The maximum absolute atomic E-state index is 14.9. The summed E-state index contributed by atoms with van der Waals surface area (Å²) in [6, 6.07) is 2.95. The summed E-state index contributed by atoms with van der Waals surface area (Å²) in [4.78, 5) is 24.8. The van der Waals surface area contributed by atoms with Gasteiger partial charge in [-0.05, 0) is 99.1 Å². The highest BCUT2D eigenvalue weighted by atomic mass is 19.1. The lowest BCUT2D eigenvalue weighted by molar-refractivity contribution is -0.166. The minimum absolute atomic E-state index is 0.0179. The van der Waals surface area contributed by atoms with E-state index in [-0.39, 0.29) is 41.5 Å². The summed E-state index contributed by atoms with van der Waals surface area (Å²) in [6.45, 7) is 7.18. The first-order valence-corrected chi connectivity index (χ1v) is 13.2. The molecule has 0 aliphatic heterocycles. The van der Waals surface area contributed by atoms with Crippen LogP contribution < -0.4 is 0 Å². The number of rotatable bonds is 3. The Labute approximate surface area is 212 Å². The van der Waals surface area contributed by atoms with Gasteiger partial charge in [0, 0.05) is 29.7 Å². The molecule has 2 fully saturated rings. The first kappa shape index (κ1) is 24.9. The number of halogens is 2. The SMILES string of the molecule is CC#C[C@]1(OC(=O)CC)CC[C@H]2[C@@H]3CCC4=CC(=O)CCC4=C3[C@@H](c3cc(F)c(C)c(F)c3)C[C@@]21C. The van der Waals surface area contributed by atoms with E-state index in [1.54, 1.807) is 19.9 Å². The molecule has 4 aliphatic rings. The molecule has 0 saturated heterocycles. The third kappa shape index (κ3) is 3.67. The molecule has 0 bridgehead atoms. The van der Waals surface area contributed by atoms with E-state index in [1.807, 2.05) is 0 Å². The van der Waals surface area contributed by atoms with Crippen molar-refractivity contribution in [3.63, 3.8) is 0 Å². The Bertz CT molecular complexity index is 1240.